The highest BCUT2D eigenvalue weighted by molar-refractivity contribution is 5.22. The Balaban J connectivity index is 1.14. The van der Waals surface area contributed by atoms with Gasteiger partial charge in [0.05, 0.1) is 55.4 Å². The molecule has 382 valence electrons. The van der Waals surface area contributed by atoms with Gasteiger partial charge in [0.1, 0.15) is 67.1 Å². The third kappa shape index (κ3) is 8.26. The van der Waals surface area contributed by atoms with E-state index in [2.05, 4.69) is 27.7 Å². The predicted molar refractivity (Wildman–Crippen MR) is 228 cm³/mol. The highest BCUT2D eigenvalue weighted by Gasteiger charge is 2.74. The third-order valence-electron chi connectivity index (χ3n) is 19.1. The van der Waals surface area contributed by atoms with Gasteiger partial charge >= 0.3 is 0 Å². The van der Waals surface area contributed by atoms with Gasteiger partial charge in [0.2, 0.25) is 0 Å². The molecule has 4 heterocycles. The molecule has 4 aliphatic heterocycles. The van der Waals surface area contributed by atoms with Crippen molar-refractivity contribution in [1.29, 1.82) is 0 Å². The summed E-state index contributed by atoms with van der Waals surface area (Å²) in [5.41, 5.74) is -3.84. The Morgan fingerprint density at radius 3 is 1.95 bits per heavy atom. The quantitative estimate of drug-likeness (QED) is 0.114. The van der Waals surface area contributed by atoms with Crippen molar-refractivity contribution in [1.82, 2.24) is 0 Å². The van der Waals surface area contributed by atoms with Crippen LogP contribution in [0.15, 0.2) is 0 Å². The van der Waals surface area contributed by atoms with Crippen LogP contribution in [-0.4, -0.2) is 203 Å². The molecule has 0 aromatic rings. The maximum Gasteiger partial charge on any atom is 0.187 e. The smallest absolute Gasteiger partial charge is 0.187 e. The number of hydrogen-bond donors (Lipinski definition) is 12. The molecule has 8 fully saturated rings. The topological polar surface area (TPSA) is 307 Å². The second kappa shape index (κ2) is 18.1. The summed E-state index contributed by atoms with van der Waals surface area (Å²) in [4.78, 5) is 0. The Hall–Kier alpha value is -0.760. The van der Waals surface area contributed by atoms with Crippen molar-refractivity contribution in [2.75, 3.05) is 19.8 Å². The molecule has 0 aromatic carbocycles. The standard InChI is InChI=1S/C47H80O19/c1-42(2)27(51)10-12-44(5)26-15-21(49)29-20(47(8)14-11-28(66-47)43(3,4)59)9-13-45(29,6)46(26,7)16-23(38(42)44)62-41-37(65-40-35(57)30(52)22(50)18-60-40)34(56)32(54)25(64-41)19-61-39-36(58)33(55)31(53)24(17-48)63-39/h20-41,48-59H,9-19H2,1-8H3/t20?,21-,22-,23+,24-,25-,26-,27+,28+,29?,30+,31-,32-,33+,34+,35-,36-,37-,38?,39+,40+,41-,44-,45-,46-,47+/m1/s1. The lowest BCUT2D eigenvalue weighted by Crippen LogP contribution is -2.71. The van der Waals surface area contributed by atoms with Crippen LogP contribution in [0.1, 0.15) is 107 Å². The minimum Gasteiger partial charge on any atom is -0.394 e. The van der Waals surface area contributed by atoms with Crippen molar-refractivity contribution in [3.8, 4) is 0 Å². The molecule has 0 amide bonds. The molecular formula is C47H80O19. The van der Waals surface area contributed by atoms with Crippen LogP contribution in [0.2, 0.25) is 0 Å². The molecule has 0 aromatic heterocycles. The molecule has 4 saturated heterocycles. The number of aliphatic hydroxyl groups is 12. The molecule has 4 aliphatic carbocycles. The lowest BCUT2D eigenvalue weighted by atomic mass is 9.34. The number of rotatable bonds is 10. The maximum absolute atomic E-state index is 12.5. The van der Waals surface area contributed by atoms with Gasteiger partial charge in [0.15, 0.2) is 18.9 Å². The van der Waals surface area contributed by atoms with Crippen molar-refractivity contribution in [2.45, 2.75) is 228 Å². The number of aliphatic hydroxyl groups excluding tert-OH is 11. The Bertz CT molecular complexity index is 1700. The number of ether oxygens (including phenoxy) is 7. The van der Waals surface area contributed by atoms with Gasteiger partial charge in [-0.3, -0.25) is 0 Å². The van der Waals surface area contributed by atoms with Gasteiger partial charge in [-0.1, -0.05) is 34.6 Å². The van der Waals surface area contributed by atoms with Gasteiger partial charge in [-0.15, -0.1) is 0 Å². The second-order valence-electron chi connectivity index (χ2n) is 23.6. The van der Waals surface area contributed by atoms with Gasteiger partial charge in [-0.2, -0.15) is 0 Å². The number of fused-ring (bicyclic) bond motifs is 5. The van der Waals surface area contributed by atoms with Crippen LogP contribution >= 0.6 is 0 Å². The van der Waals surface area contributed by atoms with E-state index < -0.39 is 157 Å². The summed E-state index contributed by atoms with van der Waals surface area (Å²) in [5, 5.41) is 132. The molecule has 0 bridgehead atoms. The van der Waals surface area contributed by atoms with E-state index in [1.165, 1.54) is 0 Å². The summed E-state index contributed by atoms with van der Waals surface area (Å²) >= 11 is 0. The van der Waals surface area contributed by atoms with Gasteiger partial charge in [-0.25, -0.2) is 0 Å². The van der Waals surface area contributed by atoms with Gasteiger partial charge in [-0.05, 0) is 117 Å². The van der Waals surface area contributed by atoms with E-state index in [1.807, 2.05) is 13.8 Å². The largest absolute Gasteiger partial charge is 0.394 e. The molecule has 12 N–H and O–H groups in total. The van der Waals surface area contributed by atoms with Crippen molar-refractivity contribution in [3.05, 3.63) is 0 Å². The Kier molecular flexibility index (Phi) is 14.1. The molecular weight excluding hydrogens is 868 g/mol. The van der Waals surface area contributed by atoms with Gasteiger partial charge in [0.25, 0.3) is 0 Å². The molecule has 26 atom stereocenters. The first-order valence-electron chi connectivity index (χ1n) is 24.3. The molecule has 0 spiro atoms. The molecule has 19 nitrogen and oxygen atoms in total. The highest BCUT2D eigenvalue weighted by Crippen LogP contribution is 2.76. The average molecular weight is 949 g/mol. The van der Waals surface area contributed by atoms with Crippen LogP contribution in [0.5, 0.6) is 0 Å². The van der Waals surface area contributed by atoms with Gasteiger partial charge < -0.3 is 94.4 Å². The summed E-state index contributed by atoms with van der Waals surface area (Å²) in [7, 11) is 0. The van der Waals surface area contributed by atoms with E-state index in [9.17, 15) is 61.3 Å². The van der Waals surface area contributed by atoms with Crippen LogP contribution in [0.4, 0.5) is 0 Å². The zero-order valence-electron chi connectivity index (χ0n) is 39.7. The molecule has 8 aliphatic rings. The minimum atomic E-state index is -1.82. The Labute approximate surface area is 387 Å². The minimum absolute atomic E-state index is 0.00604. The van der Waals surface area contributed by atoms with Gasteiger partial charge in [0, 0.05) is 0 Å². The first kappa shape index (κ1) is 51.6. The molecule has 0 radical (unpaired) electrons. The lowest BCUT2D eigenvalue weighted by molar-refractivity contribution is -0.381. The van der Waals surface area contributed by atoms with Crippen LogP contribution in [0.25, 0.3) is 0 Å². The predicted octanol–water partition coefficient (Wildman–Crippen LogP) is -1.21. The van der Waals surface area contributed by atoms with Crippen molar-refractivity contribution in [2.24, 2.45) is 45.3 Å². The zero-order chi connectivity index (χ0) is 48.4. The van der Waals surface area contributed by atoms with Crippen molar-refractivity contribution in [3.63, 3.8) is 0 Å². The summed E-state index contributed by atoms with van der Waals surface area (Å²) in [5.74, 6) is -0.566. The monoisotopic (exact) mass is 949 g/mol. The fourth-order valence-electron chi connectivity index (χ4n) is 15.2. The van der Waals surface area contributed by atoms with E-state index in [-0.39, 0.29) is 29.8 Å². The molecule has 3 unspecified atom stereocenters. The summed E-state index contributed by atoms with van der Waals surface area (Å²) < 4.78 is 43.6. The molecule has 66 heavy (non-hydrogen) atoms. The van der Waals surface area contributed by atoms with Crippen LogP contribution < -0.4 is 0 Å². The SMILES string of the molecule is CC(C)(O)[C@@H]1CC[C@@](C)(C2CC[C@]3(C)C2[C@H](O)C[C@@H]2[C@@]4(C)CC[C@H](O)C(C)(C)C4[C@@H](O[C@@H]4O[C@H](CO[C@H]5O[C@H](CO)[C@@H](O)[C@H](O)[C@H]5O)[C@@H](O)[C@H](O)[C@H]4O[C@@H]4OC[C@@H](O)[C@H](O)[C@H]4O)C[C@]23C)O1. The first-order valence-corrected chi connectivity index (χ1v) is 24.3. The van der Waals surface area contributed by atoms with E-state index >= 15 is 0 Å². The van der Waals surface area contributed by atoms with E-state index in [1.54, 1.807) is 13.8 Å². The molecule has 19 heteroatoms. The Morgan fingerprint density at radius 1 is 0.652 bits per heavy atom. The molecule has 4 saturated carbocycles. The Morgan fingerprint density at radius 2 is 1.30 bits per heavy atom. The summed E-state index contributed by atoms with van der Waals surface area (Å²) in [6.07, 6.45) is -20.0. The molecule has 8 rings (SSSR count). The third-order valence-corrected chi connectivity index (χ3v) is 19.1. The zero-order valence-corrected chi connectivity index (χ0v) is 39.7. The average Bonchev–Trinajstić information content (AvgIpc) is 3.85. The summed E-state index contributed by atoms with van der Waals surface area (Å²) in [6, 6.07) is 0. The fraction of sp³-hybridized carbons (Fsp3) is 1.00. The highest BCUT2D eigenvalue weighted by atomic mass is 16.8. The normalized spacial score (nSPS) is 56.4. The fourth-order valence-corrected chi connectivity index (χ4v) is 15.2. The summed E-state index contributed by atoms with van der Waals surface area (Å²) in [6.45, 7) is 14.8. The van der Waals surface area contributed by atoms with E-state index in [0.717, 1.165) is 19.3 Å². The van der Waals surface area contributed by atoms with Crippen LogP contribution in [0.3, 0.4) is 0 Å². The van der Waals surface area contributed by atoms with E-state index in [4.69, 9.17) is 33.2 Å². The van der Waals surface area contributed by atoms with Crippen molar-refractivity contribution >= 4 is 0 Å². The first-order chi connectivity index (χ1) is 30.6. The van der Waals surface area contributed by atoms with Crippen LogP contribution in [-0.2, 0) is 33.2 Å². The lowest BCUT2D eigenvalue weighted by Gasteiger charge is -2.72. The van der Waals surface area contributed by atoms with Crippen LogP contribution in [0, 0.1) is 45.3 Å². The number of hydrogen-bond acceptors (Lipinski definition) is 19. The van der Waals surface area contributed by atoms with Crippen molar-refractivity contribution < 1.29 is 94.4 Å². The maximum atomic E-state index is 12.5. The van der Waals surface area contributed by atoms with E-state index in [0.29, 0.717) is 32.1 Å². The second-order valence-corrected chi connectivity index (χ2v) is 23.6.